The minimum absolute atomic E-state index is 0.262. The normalized spacial score (nSPS) is 10.3. The Morgan fingerprint density at radius 2 is 2.00 bits per heavy atom. The lowest BCUT2D eigenvalue weighted by molar-refractivity contribution is 0.102. The summed E-state index contributed by atoms with van der Waals surface area (Å²) in [6.07, 6.45) is 5.28. The number of methoxy groups -OCH3 is 1. The van der Waals surface area contributed by atoms with Crippen LogP contribution in [-0.2, 0) is 0 Å². The summed E-state index contributed by atoms with van der Waals surface area (Å²) in [6, 6.07) is 5.62. The van der Waals surface area contributed by atoms with E-state index in [1.54, 1.807) is 19.5 Å². The molecule has 0 aliphatic heterocycles. The Hall–Kier alpha value is -2.63. The zero-order chi connectivity index (χ0) is 17.5. The number of carbonyl (C=O) groups is 1. The van der Waals surface area contributed by atoms with Crippen LogP contribution in [0.4, 0.5) is 11.6 Å². The third-order valence-corrected chi connectivity index (χ3v) is 3.69. The van der Waals surface area contributed by atoms with Crippen molar-refractivity contribution in [2.75, 3.05) is 30.9 Å². The molecule has 128 valence electrons. The van der Waals surface area contributed by atoms with Crippen molar-refractivity contribution in [3.63, 3.8) is 0 Å². The molecule has 0 aliphatic carbocycles. The number of amides is 1. The summed E-state index contributed by atoms with van der Waals surface area (Å²) in [5.74, 6) is 0.973. The van der Waals surface area contributed by atoms with Gasteiger partial charge in [-0.3, -0.25) is 4.79 Å². The maximum absolute atomic E-state index is 12.4. The lowest BCUT2D eigenvalue weighted by atomic mass is 10.2. The average molecular weight is 328 g/mol. The molecule has 0 radical (unpaired) electrons. The van der Waals surface area contributed by atoms with Crippen LogP contribution in [0.3, 0.4) is 0 Å². The Labute approximate surface area is 142 Å². The van der Waals surface area contributed by atoms with Crippen LogP contribution in [0, 0.1) is 6.92 Å². The van der Waals surface area contributed by atoms with Crippen LogP contribution in [0.1, 0.15) is 35.7 Å². The van der Waals surface area contributed by atoms with Crippen molar-refractivity contribution < 1.29 is 9.53 Å². The van der Waals surface area contributed by atoms with E-state index in [4.69, 9.17) is 4.74 Å². The van der Waals surface area contributed by atoms with Crippen LogP contribution >= 0.6 is 0 Å². The van der Waals surface area contributed by atoms with Crippen LogP contribution in [0.2, 0.25) is 0 Å². The second-order valence-corrected chi connectivity index (χ2v) is 5.70. The molecule has 2 aromatic rings. The number of nitrogens with one attached hydrogen (secondary N) is 1. The predicted molar refractivity (Wildman–Crippen MR) is 95.9 cm³/mol. The molecule has 6 heteroatoms. The summed E-state index contributed by atoms with van der Waals surface area (Å²) in [5, 5.41) is 2.84. The third-order valence-electron chi connectivity index (χ3n) is 3.69. The topological polar surface area (TPSA) is 67.4 Å². The number of anilines is 2. The summed E-state index contributed by atoms with van der Waals surface area (Å²) in [6.45, 7) is 4.99. The molecule has 1 aromatic heterocycles. The van der Waals surface area contributed by atoms with Gasteiger partial charge in [-0.25, -0.2) is 9.97 Å². The van der Waals surface area contributed by atoms with Gasteiger partial charge in [-0.2, -0.15) is 0 Å². The molecular weight excluding hydrogens is 304 g/mol. The Kier molecular flexibility index (Phi) is 6.12. The molecule has 1 amide bonds. The van der Waals surface area contributed by atoms with Crippen LogP contribution in [0.5, 0.6) is 5.75 Å². The van der Waals surface area contributed by atoms with E-state index in [0.29, 0.717) is 22.9 Å². The molecule has 1 heterocycles. The van der Waals surface area contributed by atoms with Crippen LogP contribution in [-0.4, -0.2) is 36.6 Å². The molecule has 24 heavy (non-hydrogen) atoms. The van der Waals surface area contributed by atoms with Gasteiger partial charge in [0.05, 0.1) is 18.4 Å². The fraction of sp³-hybridized carbons (Fsp3) is 0.389. The standard InChI is InChI=1S/C18H24N4O2/c1-5-6-9-22(3)18-19-11-14(12-20-18)17(23)21-15-10-13(2)7-8-16(15)24-4/h7-8,10-12H,5-6,9H2,1-4H3,(H,21,23). The predicted octanol–water partition coefficient (Wildman–Crippen LogP) is 3.28. The van der Waals surface area contributed by atoms with Gasteiger partial charge in [0, 0.05) is 26.0 Å². The highest BCUT2D eigenvalue weighted by atomic mass is 16.5. The van der Waals surface area contributed by atoms with Gasteiger partial charge in [-0.1, -0.05) is 19.4 Å². The summed E-state index contributed by atoms with van der Waals surface area (Å²) in [4.78, 5) is 22.9. The lowest BCUT2D eigenvalue weighted by Gasteiger charge is -2.16. The van der Waals surface area contributed by atoms with Crippen molar-refractivity contribution in [2.45, 2.75) is 26.7 Å². The largest absolute Gasteiger partial charge is 0.495 e. The number of hydrogen-bond acceptors (Lipinski definition) is 5. The van der Waals surface area contributed by atoms with Gasteiger partial charge in [-0.15, -0.1) is 0 Å². The second-order valence-electron chi connectivity index (χ2n) is 5.70. The number of carbonyl (C=O) groups excluding carboxylic acids is 1. The van der Waals surface area contributed by atoms with E-state index in [-0.39, 0.29) is 5.91 Å². The van der Waals surface area contributed by atoms with Gasteiger partial charge in [0.15, 0.2) is 0 Å². The monoisotopic (exact) mass is 328 g/mol. The fourth-order valence-electron chi connectivity index (χ4n) is 2.24. The molecular formula is C18H24N4O2. The Balaban J connectivity index is 2.09. The molecule has 0 spiro atoms. The Bertz CT molecular complexity index is 686. The molecule has 0 unspecified atom stereocenters. The molecule has 1 aromatic carbocycles. The van der Waals surface area contributed by atoms with Gasteiger partial charge in [0.2, 0.25) is 5.95 Å². The number of benzene rings is 1. The van der Waals surface area contributed by atoms with Crippen molar-refractivity contribution in [2.24, 2.45) is 0 Å². The highest BCUT2D eigenvalue weighted by Crippen LogP contribution is 2.25. The smallest absolute Gasteiger partial charge is 0.258 e. The van der Waals surface area contributed by atoms with E-state index in [9.17, 15) is 4.79 Å². The quantitative estimate of drug-likeness (QED) is 0.845. The minimum Gasteiger partial charge on any atom is -0.495 e. The first-order valence-corrected chi connectivity index (χ1v) is 8.04. The van der Waals surface area contributed by atoms with Crippen molar-refractivity contribution in [3.8, 4) is 5.75 Å². The molecule has 0 fully saturated rings. The number of aryl methyl sites for hydroxylation is 1. The second kappa shape index (κ2) is 8.29. The number of ether oxygens (including phenoxy) is 1. The molecule has 0 saturated carbocycles. The number of unbranched alkanes of at least 4 members (excludes halogenated alkanes) is 1. The molecule has 0 saturated heterocycles. The van der Waals surface area contributed by atoms with E-state index >= 15 is 0 Å². The zero-order valence-electron chi connectivity index (χ0n) is 14.7. The fourth-order valence-corrected chi connectivity index (χ4v) is 2.24. The van der Waals surface area contributed by atoms with Gasteiger partial charge < -0.3 is 15.0 Å². The van der Waals surface area contributed by atoms with E-state index in [1.807, 2.05) is 37.1 Å². The molecule has 1 N–H and O–H groups in total. The highest BCUT2D eigenvalue weighted by Gasteiger charge is 2.12. The lowest BCUT2D eigenvalue weighted by Crippen LogP contribution is -2.21. The zero-order valence-corrected chi connectivity index (χ0v) is 14.7. The first-order chi connectivity index (χ1) is 11.5. The number of rotatable bonds is 7. The molecule has 0 aliphatic rings. The molecule has 2 rings (SSSR count). The van der Waals surface area contributed by atoms with E-state index in [1.165, 1.54) is 0 Å². The Morgan fingerprint density at radius 3 is 2.62 bits per heavy atom. The first kappa shape index (κ1) is 17.7. The summed E-state index contributed by atoms with van der Waals surface area (Å²) >= 11 is 0. The number of nitrogens with zero attached hydrogens (tertiary/aromatic N) is 3. The maximum Gasteiger partial charge on any atom is 0.258 e. The van der Waals surface area contributed by atoms with Gasteiger partial charge in [-0.05, 0) is 31.0 Å². The van der Waals surface area contributed by atoms with Crippen LogP contribution < -0.4 is 15.0 Å². The van der Waals surface area contributed by atoms with Crippen molar-refractivity contribution in [3.05, 3.63) is 41.7 Å². The maximum atomic E-state index is 12.4. The van der Waals surface area contributed by atoms with Crippen LogP contribution in [0.25, 0.3) is 0 Å². The Morgan fingerprint density at radius 1 is 1.29 bits per heavy atom. The number of aromatic nitrogens is 2. The summed E-state index contributed by atoms with van der Waals surface area (Å²) in [7, 11) is 3.52. The van der Waals surface area contributed by atoms with Crippen molar-refractivity contribution >= 4 is 17.5 Å². The van der Waals surface area contributed by atoms with Gasteiger partial charge in [0.25, 0.3) is 5.91 Å². The number of hydrogen-bond donors (Lipinski definition) is 1. The molecule has 0 atom stereocenters. The van der Waals surface area contributed by atoms with Gasteiger partial charge >= 0.3 is 0 Å². The van der Waals surface area contributed by atoms with Crippen molar-refractivity contribution in [1.29, 1.82) is 0 Å². The van der Waals surface area contributed by atoms with Crippen LogP contribution in [0.15, 0.2) is 30.6 Å². The summed E-state index contributed by atoms with van der Waals surface area (Å²) < 4.78 is 5.27. The van der Waals surface area contributed by atoms with E-state index in [0.717, 1.165) is 24.9 Å². The van der Waals surface area contributed by atoms with E-state index in [2.05, 4.69) is 22.2 Å². The SMILES string of the molecule is CCCCN(C)c1ncc(C(=O)Nc2cc(C)ccc2OC)cn1. The third kappa shape index (κ3) is 4.44. The van der Waals surface area contributed by atoms with E-state index < -0.39 is 0 Å². The average Bonchev–Trinajstić information content (AvgIpc) is 2.60. The molecule has 6 nitrogen and oxygen atoms in total. The van der Waals surface area contributed by atoms with Crippen molar-refractivity contribution in [1.82, 2.24) is 9.97 Å². The highest BCUT2D eigenvalue weighted by molar-refractivity contribution is 6.04. The first-order valence-electron chi connectivity index (χ1n) is 8.04. The molecule has 0 bridgehead atoms. The minimum atomic E-state index is -0.262. The van der Waals surface area contributed by atoms with Gasteiger partial charge in [0.1, 0.15) is 5.75 Å². The summed E-state index contributed by atoms with van der Waals surface area (Å²) in [5.41, 5.74) is 2.08.